The molecular weight excluding hydrogens is 613 g/mol. The molecule has 7 nitrogen and oxygen atoms in total. The maximum absolute atomic E-state index is 13.2. The second-order valence-electron chi connectivity index (χ2n) is 11.9. The smallest absolute Gasteiger partial charge is 0.274 e. The molecule has 1 amide bonds. The number of anilines is 2. The molecule has 4 heterocycles. The predicted octanol–water partition coefficient (Wildman–Crippen LogP) is 6.87. The highest BCUT2D eigenvalue weighted by Crippen LogP contribution is 2.43. The van der Waals surface area contributed by atoms with Gasteiger partial charge >= 0.3 is 0 Å². The largest absolute Gasteiger partial charge is 0.412 e. The van der Waals surface area contributed by atoms with Crippen molar-refractivity contribution < 1.29 is 9.22 Å². The highest BCUT2D eigenvalue weighted by atomic mass is 127. The molecule has 0 radical (unpaired) electrons. The van der Waals surface area contributed by atoms with Crippen LogP contribution in [0.25, 0.3) is 10.3 Å². The van der Waals surface area contributed by atoms with Crippen LogP contribution in [0.2, 0.25) is 18.1 Å². The maximum Gasteiger partial charge on any atom is 0.274 e. The second-order valence-corrected chi connectivity index (χ2v) is 19.4. The zero-order chi connectivity index (χ0) is 26.5. The molecule has 1 saturated heterocycles. The molecule has 3 atom stereocenters. The Kier molecular flexibility index (Phi) is 7.40. The summed E-state index contributed by atoms with van der Waals surface area (Å²) in [6, 6.07) is 5.73. The minimum Gasteiger partial charge on any atom is -0.412 e. The Morgan fingerprint density at radius 3 is 2.62 bits per heavy atom. The third-order valence-electron chi connectivity index (χ3n) is 7.87. The van der Waals surface area contributed by atoms with Gasteiger partial charge in [-0.05, 0) is 55.1 Å². The number of piperidine rings is 1. The van der Waals surface area contributed by atoms with Crippen LogP contribution < -0.4 is 10.2 Å². The molecule has 0 aromatic carbocycles. The van der Waals surface area contributed by atoms with Crippen molar-refractivity contribution in [2.45, 2.75) is 74.6 Å². The first-order chi connectivity index (χ1) is 17.4. The Morgan fingerprint density at radius 2 is 1.95 bits per heavy atom. The van der Waals surface area contributed by atoms with Crippen molar-refractivity contribution in [3.05, 3.63) is 41.3 Å². The molecular formula is C27H36IN5O2SSi. The lowest BCUT2D eigenvalue weighted by molar-refractivity contribution is 0.102. The zero-order valence-corrected chi connectivity index (χ0v) is 26.4. The number of hydrogen-bond donors (Lipinski definition) is 1. The van der Waals surface area contributed by atoms with E-state index in [-0.39, 0.29) is 17.0 Å². The van der Waals surface area contributed by atoms with Gasteiger partial charge < -0.3 is 14.6 Å². The number of pyridine rings is 2. The van der Waals surface area contributed by atoms with Crippen molar-refractivity contribution in [2.24, 2.45) is 5.92 Å². The van der Waals surface area contributed by atoms with Crippen LogP contribution in [-0.4, -0.2) is 52.3 Å². The lowest BCUT2D eigenvalue weighted by atomic mass is 9.96. The Balaban J connectivity index is 1.31. The molecule has 1 aliphatic carbocycles. The number of carbonyl (C=O) groups is 1. The average Bonchev–Trinajstić information content (AvgIpc) is 3.59. The number of halogens is 1. The number of aromatic nitrogens is 3. The normalized spacial score (nSPS) is 22.9. The number of fused-ring (bicyclic) bond motifs is 1. The number of rotatable bonds is 6. The third-order valence-corrected chi connectivity index (χ3v) is 14.6. The number of nitrogens with zero attached hydrogens (tertiary/aromatic N) is 4. The minimum absolute atomic E-state index is 0.178. The van der Waals surface area contributed by atoms with Crippen molar-refractivity contribution >= 4 is 69.9 Å². The van der Waals surface area contributed by atoms with Crippen molar-refractivity contribution in [2.75, 3.05) is 23.3 Å². The van der Waals surface area contributed by atoms with Gasteiger partial charge in [-0.1, -0.05) is 50.3 Å². The van der Waals surface area contributed by atoms with Gasteiger partial charge in [0.2, 0.25) is 0 Å². The zero-order valence-electron chi connectivity index (χ0n) is 22.4. The Labute approximate surface area is 238 Å². The van der Waals surface area contributed by atoms with E-state index in [1.165, 1.54) is 12.8 Å². The molecule has 3 aromatic rings. The van der Waals surface area contributed by atoms with Gasteiger partial charge in [-0.2, -0.15) is 0 Å². The SMILES string of the molecule is C[C@H]1CN(c2ccncc2NC(=O)c2ccc3sc(C4CC4)nc3n2)C[C@@H](I)[C@@H]1O[Si](C)(C)C(C)(C)C. The second kappa shape index (κ2) is 10.2. The van der Waals surface area contributed by atoms with E-state index >= 15 is 0 Å². The molecule has 10 heteroatoms. The van der Waals surface area contributed by atoms with Crippen LogP contribution in [0.4, 0.5) is 11.4 Å². The lowest BCUT2D eigenvalue weighted by Gasteiger charge is -2.47. The molecule has 0 spiro atoms. The first kappa shape index (κ1) is 27.0. The van der Waals surface area contributed by atoms with E-state index in [4.69, 9.17) is 4.43 Å². The molecule has 0 bridgehead atoms. The van der Waals surface area contributed by atoms with Crippen LogP contribution in [-0.2, 0) is 4.43 Å². The summed E-state index contributed by atoms with van der Waals surface area (Å²) in [5, 5.41) is 4.39. The van der Waals surface area contributed by atoms with Crippen LogP contribution >= 0.6 is 33.9 Å². The van der Waals surface area contributed by atoms with E-state index in [1.54, 1.807) is 29.8 Å². The Morgan fingerprint density at radius 1 is 1.19 bits per heavy atom. The van der Waals surface area contributed by atoms with E-state index in [2.05, 4.69) is 88.5 Å². The van der Waals surface area contributed by atoms with Gasteiger partial charge in [0.05, 0.1) is 37.3 Å². The van der Waals surface area contributed by atoms with E-state index < -0.39 is 8.32 Å². The number of alkyl halides is 1. The van der Waals surface area contributed by atoms with Gasteiger partial charge in [0.15, 0.2) is 14.0 Å². The molecule has 1 aliphatic heterocycles. The van der Waals surface area contributed by atoms with E-state index in [9.17, 15) is 4.79 Å². The number of hydrogen-bond acceptors (Lipinski definition) is 7. The van der Waals surface area contributed by atoms with Crippen molar-refractivity contribution in [3.63, 3.8) is 0 Å². The first-order valence-corrected chi connectivity index (χ1v) is 18.0. The first-order valence-electron chi connectivity index (χ1n) is 13.0. The van der Waals surface area contributed by atoms with Gasteiger partial charge in [0, 0.05) is 25.2 Å². The monoisotopic (exact) mass is 649 g/mol. The summed E-state index contributed by atoms with van der Waals surface area (Å²) >= 11 is 4.23. The highest BCUT2D eigenvalue weighted by Gasteiger charge is 2.44. The fraction of sp³-hybridized carbons (Fsp3) is 0.556. The quantitative estimate of drug-likeness (QED) is 0.179. The summed E-state index contributed by atoms with van der Waals surface area (Å²) in [5.74, 6) is 0.693. The molecule has 5 rings (SSSR count). The molecule has 3 aromatic heterocycles. The van der Waals surface area contributed by atoms with Gasteiger partial charge in [0.1, 0.15) is 5.69 Å². The molecule has 1 saturated carbocycles. The topological polar surface area (TPSA) is 80.2 Å². The van der Waals surface area contributed by atoms with Gasteiger partial charge in [0.25, 0.3) is 5.91 Å². The van der Waals surface area contributed by atoms with Crippen LogP contribution in [0.15, 0.2) is 30.6 Å². The van der Waals surface area contributed by atoms with Gasteiger partial charge in [-0.3, -0.25) is 9.78 Å². The summed E-state index contributed by atoms with van der Waals surface area (Å²) in [4.78, 5) is 29.1. The van der Waals surface area contributed by atoms with Crippen LogP contribution in [0.3, 0.4) is 0 Å². The summed E-state index contributed by atoms with van der Waals surface area (Å²) in [5.41, 5.74) is 2.72. The van der Waals surface area contributed by atoms with Gasteiger partial charge in [-0.15, -0.1) is 11.3 Å². The number of nitrogens with one attached hydrogen (secondary N) is 1. The van der Waals surface area contributed by atoms with Crippen LogP contribution in [0.1, 0.15) is 62.0 Å². The Hall–Kier alpha value is -1.63. The number of amides is 1. The molecule has 0 unspecified atom stereocenters. The van der Waals surface area contributed by atoms with E-state index in [0.29, 0.717) is 32.8 Å². The predicted molar refractivity (Wildman–Crippen MR) is 163 cm³/mol. The highest BCUT2D eigenvalue weighted by molar-refractivity contribution is 14.1. The van der Waals surface area contributed by atoms with Crippen molar-refractivity contribution in [3.8, 4) is 0 Å². The van der Waals surface area contributed by atoms with Crippen LogP contribution in [0.5, 0.6) is 0 Å². The molecule has 1 N–H and O–H groups in total. The number of thiazole rings is 1. The standard InChI is InChI=1S/C27H36IN5O2SSi/c1-16-14-33(15-18(28)23(16)35-37(5,6)27(2,3)4)21-11-12-29-13-20(21)31-25(34)19-9-10-22-24(30-19)32-26(36-22)17-7-8-17/h9-13,16-18,23H,7-8,14-15H2,1-6H3,(H,31,34)/t16-,18+,23+/m0/s1. The average molecular weight is 650 g/mol. The lowest BCUT2D eigenvalue weighted by Crippen LogP contribution is -2.55. The summed E-state index contributed by atoms with van der Waals surface area (Å²) in [6.07, 6.45) is 6.13. The van der Waals surface area contributed by atoms with Crippen LogP contribution in [0, 0.1) is 5.92 Å². The fourth-order valence-electron chi connectivity index (χ4n) is 4.51. The van der Waals surface area contributed by atoms with E-state index in [1.807, 2.05) is 12.1 Å². The van der Waals surface area contributed by atoms with Crippen molar-refractivity contribution in [1.29, 1.82) is 0 Å². The summed E-state index contributed by atoms with van der Waals surface area (Å²) in [7, 11) is -1.87. The Bertz CT molecular complexity index is 1290. The van der Waals surface area contributed by atoms with E-state index in [0.717, 1.165) is 28.5 Å². The minimum atomic E-state index is -1.87. The van der Waals surface area contributed by atoms with Gasteiger partial charge in [-0.25, -0.2) is 9.97 Å². The summed E-state index contributed by atoms with van der Waals surface area (Å²) < 4.78 is 8.24. The molecule has 2 fully saturated rings. The molecule has 198 valence electrons. The fourth-order valence-corrected chi connectivity index (χ4v) is 8.63. The summed E-state index contributed by atoms with van der Waals surface area (Å²) in [6.45, 7) is 15.5. The maximum atomic E-state index is 13.2. The van der Waals surface area contributed by atoms with Crippen molar-refractivity contribution in [1.82, 2.24) is 15.0 Å². The third kappa shape index (κ3) is 5.72. The number of carbonyl (C=O) groups excluding carboxylic acids is 1. The molecule has 2 aliphatic rings. The molecule has 37 heavy (non-hydrogen) atoms.